The Morgan fingerprint density at radius 3 is 2.36 bits per heavy atom. The lowest BCUT2D eigenvalue weighted by molar-refractivity contribution is 0.156. The molecule has 2 aromatic heterocycles. The van der Waals surface area contributed by atoms with Gasteiger partial charge in [0, 0.05) is 63.6 Å². The van der Waals surface area contributed by atoms with Crippen LogP contribution < -0.4 is 9.80 Å². The SMILES string of the molecule is CC(C)c1nccc(N2CC(N3CCN(c4ccccn4)CC3)C2)n1. The highest BCUT2D eigenvalue weighted by molar-refractivity contribution is 5.42. The van der Waals surface area contributed by atoms with E-state index < -0.39 is 0 Å². The Hall–Kier alpha value is -2.21. The molecule has 0 atom stereocenters. The molecule has 0 saturated carbocycles. The predicted octanol–water partition coefficient (Wildman–Crippen LogP) is 2.01. The van der Waals surface area contributed by atoms with Crippen molar-refractivity contribution in [1.82, 2.24) is 19.9 Å². The first-order valence-corrected chi connectivity index (χ1v) is 9.18. The first-order chi connectivity index (χ1) is 12.2. The molecule has 0 amide bonds. The molecule has 2 aliphatic rings. The van der Waals surface area contributed by atoms with E-state index in [0.29, 0.717) is 12.0 Å². The van der Waals surface area contributed by atoms with Crippen LogP contribution in [0, 0.1) is 0 Å². The number of aromatic nitrogens is 3. The van der Waals surface area contributed by atoms with Gasteiger partial charge in [0.25, 0.3) is 0 Å². The average Bonchev–Trinajstić information content (AvgIpc) is 2.62. The van der Waals surface area contributed by atoms with Gasteiger partial charge < -0.3 is 9.80 Å². The molecular formula is C19H26N6. The zero-order valence-electron chi connectivity index (χ0n) is 15.0. The smallest absolute Gasteiger partial charge is 0.133 e. The van der Waals surface area contributed by atoms with Gasteiger partial charge in [0.2, 0.25) is 0 Å². The van der Waals surface area contributed by atoms with E-state index in [-0.39, 0.29) is 0 Å². The molecule has 4 heterocycles. The minimum atomic E-state index is 0.372. The summed E-state index contributed by atoms with van der Waals surface area (Å²) in [5.41, 5.74) is 0. The van der Waals surface area contributed by atoms with E-state index >= 15 is 0 Å². The molecule has 2 saturated heterocycles. The number of rotatable bonds is 4. The van der Waals surface area contributed by atoms with Gasteiger partial charge in [-0.1, -0.05) is 19.9 Å². The van der Waals surface area contributed by atoms with Crippen LogP contribution in [0.4, 0.5) is 11.6 Å². The van der Waals surface area contributed by atoms with Crippen LogP contribution in [0.3, 0.4) is 0 Å². The van der Waals surface area contributed by atoms with Gasteiger partial charge in [0.1, 0.15) is 17.5 Å². The minimum absolute atomic E-state index is 0.372. The van der Waals surface area contributed by atoms with Crippen molar-refractivity contribution in [2.45, 2.75) is 25.8 Å². The topological polar surface area (TPSA) is 48.4 Å². The Balaban J connectivity index is 1.30. The van der Waals surface area contributed by atoms with Crippen molar-refractivity contribution < 1.29 is 0 Å². The van der Waals surface area contributed by atoms with Crippen molar-refractivity contribution in [1.29, 1.82) is 0 Å². The molecule has 0 radical (unpaired) electrons. The Morgan fingerprint density at radius 2 is 1.68 bits per heavy atom. The molecule has 6 nitrogen and oxygen atoms in total. The number of pyridine rings is 1. The van der Waals surface area contributed by atoms with E-state index in [1.54, 1.807) is 0 Å². The number of anilines is 2. The normalized spacial score (nSPS) is 19.3. The Morgan fingerprint density at radius 1 is 0.880 bits per heavy atom. The summed E-state index contributed by atoms with van der Waals surface area (Å²) in [5.74, 6) is 3.48. The summed E-state index contributed by atoms with van der Waals surface area (Å²) in [6.45, 7) is 10.7. The summed E-state index contributed by atoms with van der Waals surface area (Å²) < 4.78 is 0. The van der Waals surface area contributed by atoms with E-state index in [2.05, 4.69) is 50.6 Å². The minimum Gasteiger partial charge on any atom is -0.354 e. The Labute approximate surface area is 149 Å². The van der Waals surface area contributed by atoms with E-state index in [1.165, 1.54) is 0 Å². The van der Waals surface area contributed by atoms with Crippen molar-refractivity contribution >= 4 is 11.6 Å². The summed E-state index contributed by atoms with van der Waals surface area (Å²) in [7, 11) is 0. The average molecular weight is 338 g/mol. The largest absolute Gasteiger partial charge is 0.354 e. The van der Waals surface area contributed by atoms with Gasteiger partial charge in [-0.15, -0.1) is 0 Å². The van der Waals surface area contributed by atoms with Crippen molar-refractivity contribution in [2.24, 2.45) is 0 Å². The number of hydrogen-bond acceptors (Lipinski definition) is 6. The lowest BCUT2D eigenvalue weighted by atomic mass is 10.1. The second kappa shape index (κ2) is 6.96. The van der Waals surface area contributed by atoms with Crippen molar-refractivity contribution in [2.75, 3.05) is 49.1 Å². The molecule has 0 aromatic carbocycles. The summed E-state index contributed by atoms with van der Waals surface area (Å²) >= 11 is 0. The standard InChI is InChI=1S/C19H26N6/c1-15(2)19-21-8-6-18(22-19)25-13-16(14-25)23-9-11-24(12-10-23)17-5-3-4-7-20-17/h3-8,15-16H,9-14H2,1-2H3. The van der Waals surface area contributed by atoms with Crippen LogP contribution in [-0.2, 0) is 0 Å². The van der Waals surface area contributed by atoms with Crippen LogP contribution in [0.5, 0.6) is 0 Å². The number of piperazine rings is 1. The molecule has 0 aliphatic carbocycles. The van der Waals surface area contributed by atoms with Gasteiger partial charge in [-0.05, 0) is 18.2 Å². The third-order valence-corrected chi connectivity index (χ3v) is 5.17. The zero-order chi connectivity index (χ0) is 17.2. The van der Waals surface area contributed by atoms with E-state index in [1.807, 2.05) is 24.5 Å². The van der Waals surface area contributed by atoms with Crippen LogP contribution in [0.2, 0.25) is 0 Å². The van der Waals surface area contributed by atoms with Gasteiger partial charge in [-0.2, -0.15) is 0 Å². The molecular weight excluding hydrogens is 312 g/mol. The molecule has 2 aliphatic heterocycles. The lowest BCUT2D eigenvalue weighted by Crippen LogP contribution is -2.63. The van der Waals surface area contributed by atoms with Crippen molar-refractivity contribution in [3.8, 4) is 0 Å². The van der Waals surface area contributed by atoms with Crippen molar-refractivity contribution in [3.63, 3.8) is 0 Å². The molecule has 0 spiro atoms. The maximum absolute atomic E-state index is 4.71. The fourth-order valence-corrected chi connectivity index (χ4v) is 3.55. The molecule has 0 N–H and O–H groups in total. The fraction of sp³-hybridized carbons (Fsp3) is 0.526. The summed E-state index contributed by atoms with van der Waals surface area (Å²) in [4.78, 5) is 20.9. The zero-order valence-corrected chi connectivity index (χ0v) is 15.0. The molecule has 6 heteroatoms. The monoisotopic (exact) mass is 338 g/mol. The third-order valence-electron chi connectivity index (χ3n) is 5.17. The highest BCUT2D eigenvalue weighted by atomic mass is 15.4. The first-order valence-electron chi connectivity index (χ1n) is 9.18. The van der Waals surface area contributed by atoms with Crippen LogP contribution in [0.1, 0.15) is 25.6 Å². The Bertz CT molecular complexity index is 690. The van der Waals surface area contributed by atoms with Crippen LogP contribution in [0.15, 0.2) is 36.7 Å². The van der Waals surface area contributed by atoms with E-state index in [4.69, 9.17) is 4.98 Å². The summed E-state index contributed by atoms with van der Waals surface area (Å²) in [5, 5.41) is 0. The molecule has 25 heavy (non-hydrogen) atoms. The van der Waals surface area contributed by atoms with Gasteiger partial charge in [0.05, 0.1) is 0 Å². The number of nitrogens with zero attached hydrogens (tertiary/aromatic N) is 6. The van der Waals surface area contributed by atoms with Gasteiger partial charge in [-0.25, -0.2) is 15.0 Å². The molecule has 2 aromatic rings. The maximum Gasteiger partial charge on any atom is 0.133 e. The number of hydrogen-bond donors (Lipinski definition) is 0. The van der Waals surface area contributed by atoms with Gasteiger partial charge in [0.15, 0.2) is 0 Å². The van der Waals surface area contributed by atoms with Gasteiger partial charge in [-0.3, -0.25) is 4.90 Å². The second-order valence-corrected chi connectivity index (χ2v) is 7.20. The molecule has 132 valence electrons. The van der Waals surface area contributed by atoms with Crippen LogP contribution in [-0.4, -0.2) is 65.2 Å². The maximum atomic E-state index is 4.71. The van der Waals surface area contributed by atoms with Crippen LogP contribution in [0.25, 0.3) is 0 Å². The first kappa shape index (κ1) is 16.3. The molecule has 4 rings (SSSR count). The fourth-order valence-electron chi connectivity index (χ4n) is 3.55. The summed E-state index contributed by atoms with van der Waals surface area (Å²) in [6, 6.07) is 8.80. The van der Waals surface area contributed by atoms with E-state index in [0.717, 1.165) is 56.7 Å². The predicted molar refractivity (Wildman–Crippen MR) is 100 cm³/mol. The highest BCUT2D eigenvalue weighted by Gasteiger charge is 2.34. The molecule has 0 bridgehead atoms. The highest BCUT2D eigenvalue weighted by Crippen LogP contribution is 2.24. The molecule has 0 unspecified atom stereocenters. The molecule has 2 fully saturated rings. The quantitative estimate of drug-likeness (QED) is 0.850. The van der Waals surface area contributed by atoms with Gasteiger partial charge >= 0.3 is 0 Å². The van der Waals surface area contributed by atoms with Crippen molar-refractivity contribution in [3.05, 3.63) is 42.5 Å². The van der Waals surface area contributed by atoms with E-state index in [9.17, 15) is 0 Å². The second-order valence-electron chi connectivity index (χ2n) is 7.20. The van der Waals surface area contributed by atoms with Crippen LogP contribution >= 0.6 is 0 Å². The third kappa shape index (κ3) is 3.44. The Kier molecular flexibility index (Phi) is 4.53. The lowest BCUT2D eigenvalue weighted by Gasteiger charge is -2.48. The summed E-state index contributed by atoms with van der Waals surface area (Å²) in [6.07, 6.45) is 3.76.